The van der Waals surface area contributed by atoms with Gasteiger partial charge in [-0.3, -0.25) is 4.79 Å². The number of carbonyl (C=O) groups is 2. The van der Waals surface area contributed by atoms with Gasteiger partial charge < -0.3 is 20.1 Å². The topological polar surface area (TPSA) is 125 Å². The van der Waals surface area contributed by atoms with Crippen LogP contribution < -0.4 is 14.9 Å². The van der Waals surface area contributed by atoms with Crippen LogP contribution in [-0.2, 0) is 26.0 Å². The molecule has 0 aromatic heterocycles. The molecular weight excluding hydrogens is 446 g/mol. The highest BCUT2D eigenvalue weighted by Gasteiger charge is 2.29. The van der Waals surface area contributed by atoms with Crippen molar-refractivity contribution in [2.24, 2.45) is 0 Å². The zero-order chi connectivity index (χ0) is 22.6. The number of aliphatic hydroxyl groups is 1. The third-order valence-corrected chi connectivity index (χ3v) is 6.45. The number of hydrogen-bond acceptors (Lipinski definition) is 7. The molecule has 0 fully saturated rings. The Morgan fingerprint density at radius 1 is 1.23 bits per heavy atom. The number of carbonyl (C=O) groups excluding carboxylic acids is 2. The van der Waals surface area contributed by atoms with Crippen molar-refractivity contribution in [3.8, 4) is 0 Å². The average Bonchev–Trinajstić information content (AvgIpc) is 2.74. The monoisotopic (exact) mass is 467 g/mol. The van der Waals surface area contributed by atoms with Crippen LogP contribution in [0.1, 0.15) is 12.0 Å². The summed E-state index contributed by atoms with van der Waals surface area (Å²) in [5.41, 5.74) is 2.20. The number of aryl methyl sites for hydroxylation is 1. The van der Waals surface area contributed by atoms with E-state index in [2.05, 4.69) is 10.1 Å². The number of anilines is 2. The number of ether oxygens (including phenoxy) is 1. The Hall–Kier alpha value is -2.82. The Morgan fingerprint density at radius 2 is 1.94 bits per heavy atom. The van der Waals surface area contributed by atoms with Gasteiger partial charge in [0.15, 0.2) is 0 Å². The first kappa shape index (κ1) is 22.9. The van der Waals surface area contributed by atoms with Crippen molar-refractivity contribution in [2.75, 3.05) is 30.5 Å². The van der Waals surface area contributed by atoms with Crippen molar-refractivity contribution in [2.45, 2.75) is 23.8 Å². The minimum Gasteiger partial charge on any atom is -0.452 e. The lowest BCUT2D eigenvalue weighted by atomic mass is 9.99. The molecule has 2 aromatic rings. The van der Waals surface area contributed by atoms with Crippen LogP contribution in [-0.4, -0.2) is 51.8 Å². The van der Waals surface area contributed by atoms with Crippen LogP contribution >= 0.6 is 11.6 Å². The van der Waals surface area contributed by atoms with Crippen molar-refractivity contribution >= 4 is 45.0 Å². The van der Waals surface area contributed by atoms with Gasteiger partial charge in [0.05, 0.1) is 18.6 Å². The average molecular weight is 468 g/mol. The van der Waals surface area contributed by atoms with Crippen molar-refractivity contribution in [3.05, 3.63) is 53.1 Å². The van der Waals surface area contributed by atoms with E-state index in [1.807, 2.05) is 17.0 Å². The van der Waals surface area contributed by atoms with Crippen LogP contribution in [0.3, 0.4) is 0 Å². The molecule has 3 N–H and O–H groups in total. The van der Waals surface area contributed by atoms with Crippen molar-refractivity contribution < 1.29 is 27.9 Å². The number of aliphatic hydroxyl groups excluding tert-OH is 1. The number of hydrogen-bond donors (Lipinski definition) is 3. The molecule has 1 heterocycles. The lowest BCUT2D eigenvalue weighted by Gasteiger charge is -2.36. The highest BCUT2D eigenvalue weighted by atomic mass is 35.5. The van der Waals surface area contributed by atoms with E-state index in [1.165, 1.54) is 24.3 Å². The summed E-state index contributed by atoms with van der Waals surface area (Å²) >= 11 is 6.07. The molecule has 9 nitrogen and oxygen atoms in total. The molecule has 11 heteroatoms. The normalized spacial score (nSPS) is 14.4. The van der Waals surface area contributed by atoms with Gasteiger partial charge in [-0.15, -0.1) is 0 Å². The number of rotatable bonds is 6. The fourth-order valence-corrected chi connectivity index (χ4v) is 4.50. The molecule has 1 aliphatic rings. The minimum absolute atomic E-state index is 0.170. The van der Waals surface area contributed by atoms with Crippen LogP contribution in [0.5, 0.6) is 0 Å². The molecule has 2 aromatic carbocycles. The zero-order valence-corrected chi connectivity index (χ0v) is 18.2. The SMILES string of the molecule is COC(=O)NS(=O)(=O)c1ccc(NC(=O)[C@@H](CO)N2CCCc3cc(Cl)ccc32)cc1. The molecule has 0 radical (unpaired) electrons. The molecule has 2 amide bonds. The van der Waals surface area contributed by atoms with Crippen LogP contribution in [0.25, 0.3) is 0 Å². The molecule has 166 valence electrons. The largest absolute Gasteiger partial charge is 0.452 e. The lowest BCUT2D eigenvalue weighted by molar-refractivity contribution is -0.118. The predicted octanol–water partition coefficient (Wildman–Crippen LogP) is 2.14. The van der Waals surface area contributed by atoms with E-state index in [4.69, 9.17) is 11.6 Å². The summed E-state index contributed by atoms with van der Waals surface area (Å²) in [7, 11) is -3.04. The van der Waals surface area contributed by atoms with Gasteiger partial charge in [-0.1, -0.05) is 11.6 Å². The summed E-state index contributed by atoms with van der Waals surface area (Å²) in [4.78, 5) is 25.7. The minimum atomic E-state index is -4.09. The van der Waals surface area contributed by atoms with E-state index < -0.39 is 34.7 Å². The third kappa shape index (κ3) is 5.27. The van der Waals surface area contributed by atoms with Crippen LogP contribution in [0.4, 0.5) is 16.2 Å². The number of benzene rings is 2. The summed E-state index contributed by atoms with van der Waals surface area (Å²) in [6.07, 6.45) is 0.546. The molecule has 1 atom stereocenters. The predicted molar refractivity (Wildman–Crippen MR) is 116 cm³/mol. The third-order valence-electron chi connectivity index (χ3n) is 4.88. The second-order valence-corrected chi connectivity index (χ2v) is 9.00. The number of methoxy groups -OCH3 is 1. The van der Waals surface area contributed by atoms with Crippen molar-refractivity contribution in [3.63, 3.8) is 0 Å². The maximum Gasteiger partial charge on any atom is 0.420 e. The summed E-state index contributed by atoms with van der Waals surface area (Å²) < 4.78 is 30.2. The van der Waals surface area contributed by atoms with E-state index in [9.17, 15) is 23.1 Å². The Bertz CT molecular complexity index is 1070. The molecular formula is C20H22ClN3O6S. The summed E-state index contributed by atoms with van der Waals surface area (Å²) in [5.74, 6) is -0.436. The molecule has 3 rings (SSSR count). The molecule has 1 aliphatic heterocycles. The summed E-state index contributed by atoms with van der Waals surface area (Å²) in [5, 5.41) is 13.2. The van der Waals surface area contributed by atoms with E-state index in [0.717, 1.165) is 31.2 Å². The summed E-state index contributed by atoms with van der Waals surface area (Å²) in [6, 6.07) is 9.87. The quantitative estimate of drug-likeness (QED) is 0.594. The van der Waals surface area contributed by atoms with Crippen molar-refractivity contribution in [1.29, 1.82) is 0 Å². The van der Waals surface area contributed by atoms with Crippen LogP contribution in [0.15, 0.2) is 47.4 Å². The van der Waals surface area contributed by atoms with Crippen molar-refractivity contribution in [1.82, 2.24) is 4.72 Å². The number of halogens is 1. The Morgan fingerprint density at radius 3 is 2.58 bits per heavy atom. The lowest BCUT2D eigenvalue weighted by Crippen LogP contribution is -2.48. The number of amides is 2. The van der Waals surface area contributed by atoms with Crippen LogP contribution in [0.2, 0.25) is 5.02 Å². The van der Waals surface area contributed by atoms with Gasteiger partial charge in [-0.25, -0.2) is 17.9 Å². The Kier molecular flexibility index (Phi) is 7.04. The van der Waals surface area contributed by atoms with Gasteiger partial charge in [-0.2, -0.15) is 0 Å². The van der Waals surface area contributed by atoms with E-state index in [1.54, 1.807) is 10.8 Å². The second-order valence-electron chi connectivity index (χ2n) is 6.88. The van der Waals surface area contributed by atoms with Gasteiger partial charge in [0.25, 0.3) is 10.0 Å². The van der Waals surface area contributed by atoms with Crippen LogP contribution in [0, 0.1) is 0 Å². The molecule has 0 aliphatic carbocycles. The Balaban J connectivity index is 1.74. The van der Waals surface area contributed by atoms with Gasteiger partial charge in [0.2, 0.25) is 5.91 Å². The zero-order valence-electron chi connectivity index (χ0n) is 16.7. The maximum absolute atomic E-state index is 12.9. The first-order valence-electron chi connectivity index (χ1n) is 9.43. The smallest absolute Gasteiger partial charge is 0.420 e. The highest BCUT2D eigenvalue weighted by Crippen LogP contribution is 2.31. The molecule has 0 spiro atoms. The Labute approximate surface area is 185 Å². The number of sulfonamides is 1. The van der Waals surface area contributed by atoms with Gasteiger partial charge >= 0.3 is 6.09 Å². The van der Waals surface area contributed by atoms with Gasteiger partial charge in [-0.05, 0) is 60.9 Å². The fraction of sp³-hybridized carbons (Fsp3) is 0.300. The van der Waals surface area contributed by atoms with Gasteiger partial charge in [0.1, 0.15) is 6.04 Å². The first-order valence-corrected chi connectivity index (χ1v) is 11.3. The molecule has 31 heavy (non-hydrogen) atoms. The number of nitrogens with zero attached hydrogens (tertiary/aromatic N) is 1. The van der Waals surface area contributed by atoms with E-state index >= 15 is 0 Å². The molecule has 0 bridgehead atoms. The number of nitrogens with one attached hydrogen (secondary N) is 2. The molecule has 0 saturated carbocycles. The molecule has 0 unspecified atom stereocenters. The summed E-state index contributed by atoms with van der Waals surface area (Å²) in [6.45, 7) is 0.201. The standard InChI is InChI=1S/C20H22ClN3O6S/c1-30-20(27)23-31(28,29)16-7-5-15(6-8-16)22-19(26)18(12-25)24-10-2-3-13-11-14(21)4-9-17(13)24/h4-9,11,18,25H,2-3,10,12H2,1H3,(H,22,26)(H,23,27)/t18-/m1/s1. The molecule has 0 saturated heterocycles. The highest BCUT2D eigenvalue weighted by molar-refractivity contribution is 7.90. The van der Waals surface area contributed by atoms with Gasteiger partial charge in [0, 0.05) is 22.9 Å². The second kappa shape index (κ2) is 9.54. The maximum atomic E-state index is 12.9. The van der Waals surface area contributed by atoms with E-state index in [-0.39, 0.29) is 4.90 Å². The number of fused-ring (bicyclic) bond motifs is 1. The first-order chi connectivity index (χ1) is 14.7. The fourth-order valence-electron chi connectivity index (χ4n) is 3.39. The van der Waals surface area contributed by atoms with E-state index in [0.29, 0.717) is 17.3 Å².